The largest absolute Gasteiger partial charge is 0.393 e. The van der Waals surface area contributed by atoms with Gasteiger partial charge in [0.2, 0.25) is 0 Å². The number of allylic oxidation sites excluding steroid dienone is 2. The lowest BCUT2D eigenvalue weighted by atomic mass is 9.45. The summed E-state index contributed by atoms with van der Waals surface area (Å²) in [7, 11) is 0. The van der Waals surface area contributed by atoms with Crippen molar-refractivity contribution in [1.29, 1.82) is 0 Å². The maximum Gasteiger partial charge on any atom is 0.0605 e. The van der Waals surface area contributed by atoms with Gasteiger partial charge in [-0.25, -0.2) is 0 Å². The molecule has 0 spiro atoms. The minimum Gasteiger partial charge on any atom is -0.393 e. The highest BCUT2D eigenvalue weighted by atomic mass is 16.3. The molecule has 3 rings (SSSR count). The van der Waals surface area contributed by atoms with Crippen molar-refractivity contribution in [2.24, 2.45) is 46.3 Å². The highest BCUT2D eigenvalue weighted by molar-refractivity contribution is 5.28. The predicted molar refractivity (Wildman–Crippen MR) is 126 cm³/mol. The van der Waals surface area contributed by atoms with Crippen LogP contribution in [0.2, 0.25) is 0 Å². The molecule has 0 aromatic carbocycles. The first-order valence-corrected chi connectivity index (χ1v) is 12.7. The zero-order chi connectivity index (χ0) is 21.4. The molecule has 0 amide bonds. The van der Waals surface area contributed by atoms with Gasteiger partial charge in [0.05, 0.1) is 6.10 Å². The third-order valence-corrected chi connectivity index (χ3v) is 9.44. The summed E-state index contributed by atoms with van der Waals surface area (Å²) < 4.78 is 0. The summed E-state index contributed by atoms with van der Waals surface area (Å²) in [6.45, 7) is 18.7. The molecular weight excluding hydrogens is 352 g/mol. The van der Waals surface area contributed by atoms with E-state index in [4.69, 9.17) is 0 Å². The molecule has 0 bridgehead atoms. The Bertz CT molecular complexity index is 599. The molecule has 2 saturated carbocycles. The minimum absolute atomic E-state index is 0.166. The van der Waals surface area contributed by atoms with Crippen molar-refractivity contribution in [3.05, 3.63) is 24.3 Å². The van der Waals surface area contributed by atoms with Gasteiger partial charge in [-0.2, -0.15) is 0 Å². The normalized spacial score (nSPS) is 38.6. The molecule has 0 radical (unpaired) electrons. The molecule has 0 aromatic rings. The van der Waals surface area contributed by atoms with E-state index in [0.717, 1.165) is 36.5 Å². The number of aliphatic hydroxyl groups excluding tert-OH is 1. The van der Waals surface area contributed by atoms with Gasteiger partial charge in [-0.05, 0) is 91.8 Å². The molecule has 0 aromatic heterocycles. The van der Waals surface area contributed by atoms with Crippen molar-refractivity contribution in [1.82, 2.24) is 0 Å². The fourth-order valence-electron chi connectivity index (χ4n) is 7.85. The van der Waals surface area contributed by atoms with Crippen LogP contribution >= 0.6 is 0 Å². The van der Waals surface area contributed by atoms with Gasteiger partial charge in [-0.3, -0.25) is 0 Å². The highest BCUT2D eigenvalue weighted by Crippen LogP contribution is 2.63. The third kappa shape index (κ3) is 4.28. The van der Waals surface area contributed by atoms with Crippen LogP contribution in [0, 0.1) is 46.3 Å². The summed E-state index contributed by atoms with van der Waals surface area (Å²) >= 11 is 0. The second-order valence-electron chi connectivity index (χ2n) is 12.0. The molecule has 1 nitrogen and oxygen atoms in total. The fourth-order valence-corrected chi connectivity index (χ4v) is 7.85. The van der Waals surface area contributed by atoms with E-state index in [2.05, 4.69) is 60.3 Å². The Kier molecular flexibility index (Phi) is 7.09. The van der Waals surface area contributed by atoms with Gasteiger partial charge in [0.1, 0.15) is 0 Å². The van der Waals surface area contributed by atoms with Crippen molar-refractivity contribution in [3.63, 3.8) is 0 Å². The lowest BCUT2D eigenvalue weighted by molar-refractivity contribution is -0.0325. The monoisotopic (exact) mass is 400 g/mol. The molecule has 7 atom stereocenters. The van der Waals surface area contributed by atoms with E-state index in [-0.39, 0.29) is 17.4 Å². The molecule has 1 N–H and O–H groups in total. The summed E-state index contributed by atoms with van der Waals surface area (Å²) in [5, 5.41) is 10.8. The number of aliphatic hydroxyl groups is 1. The molecule has 29 heavy (non-hydrogen) atoms. The van der Waals surface area contributed by atoms with E-state index in [1.54, 1.807) is 5.57 Å². The van der Waals surface area contributed by atoms with Gasteiger partial charge in [-0.1, -0.05) is 65.7 Å². The van der Waals surface area contributed by atoms with Crippen LogP contribution in [0.25, 0.3) is 0 Å². The Morgan fingerprint density at radius 2 is 1.93 bits per heavy atom. The summed E-state index contributed by atoms with van der Waals surface area (Å²) in [4.78, 5) is 0. The van der Waals surface area contributed by atoms with E-state index in [9.17, 15) is 5.11 Å². The topological polar surface area (TPSA) is 20.2 Å². The molecule has 166 valence electrons. The molecule has 3 aliphatic carbocycles. The van der Waals surface area contributed by atoms with Crippen molar-refractivity contribution < 1.29 is 5.11 Å². The molecule has 2 fully saturated rings. The highest BCUT2D eigenvalue weighted by Gasteiger charge is 2.54. The maximum absolute atomic E-state index is 10.8. The van der Waals surface area contributed by atoms with E-state index < -0.39 is 0 Å². The number of hydrogen-bond acceptors (Lipinski definition) is 1. The molecule has 0 saturated heterocycles. The zero-order valence-electron chi connectivity index (χ0n) is 20.2. The van der Waals surface area contributed by atoms with Crippen LogP contribution < -0.4 is 0 Å². The smallest absolute Gasteiger partial charge is 0.0605 e. The molecule has 3 aliphatic rings. The van der Waals surface area contributed by atoms with Gasteiger partial charge in [0, 0.05) is 5.92 Å². The SMILES string of the molecule is C=C[C@@H](C(O)CCC)C1CCC2C(=CCC3CC(CC(C)C)CCC32C)C1(C)C. The second-order valence-corrected chi connectivity index (χ2v) is 12.0. The first-order valence-electron chi connectivity index (χ1n) is 12.7. The molecular formula is C28H48O. The van der Waals surface area contributed by atoms with Gasteiger partial charge < -0.3 is 5.11 Å². The van der Waals surface area contributed by atoms with E-state index in [0.29, 0.717) is 11.3 Å². The minimum atomic E-state index is -0.239. The molecule has 0 aliphatic heterocycles. The van der Waals surface area contributed by atoms with Gasteiger partial charge in [-0.15, -0.1) is 6.58 Å². The van der Waals surface area contributed by atoms with Crippen LogP contribution in [0.5, 0.6) is 0 Å². The van der Waals surface area contributed by atoms with Gasteiger partial charge in [0.15, 0.2) is 0 Å². The summed E-state index contributed by atoms with van der Waals surface area (Å²) in [6, 6.07) is 0. The zero-order valence-corrected chi connectivity index (χ0v) is 20.2. The second kappa shape index (κ2) is 8.89. The van der Waals surface area contributed by atoms with Gasteiger partial charge >= 0.3 is 0 Å². The van der Waals surface area contributed by atoms with Crippen LogP contribution in [0.15, 0.2) is 24.3 Å². The average Bonchev–Trinajstić information content (AvgIpc) is 2.64. The summed E-state index contributed by atoms with van der Waals surface area (Å²) in [5.74, 6) is 4.14. The van der Waals surface area contributed by atoms with Crippen LogP contribution in [0.3, 0.4) is 0 Å². The average molecular weight is 401 g/mol. The fraction of sp³-hybridized carbons (Fsp3) is 0.857. The molecule has 6 unspecified atom stereocenters. The Morgan fingerprint density at radius 3 is 2.55 bits per heavy atom. The lowest BCUT2D eigenvalue weighted by Crippen LogP contribution is -2.51. The van der Waals surface area contributed by atoms with Crippen molar-refractivity contribution in [2.45, 2.75) is 105 Å². The van der Waals surface area contributed by atoms with Crippen molar-refractivity contribution >= 4 is 0 Å². The summed E-state index contributed by atoms with van der Waals surface area (Å²) in [6.07, 6.45) is 16.0. The van der Waals surface area contributed by atoms with E-state index in [1.807, 2.05) is 0 Å². The van der Waals surface area contributed by atoms with Crippen LogP contribution in [0.1, 0.15) is 99.3 Å². The number of fused-ring (bicyclic) bond motifs is 3. The van der Waals surface area contributed by atoms with E-state index in [1.165, 1.54) is 44.9 Å². The Morgan fingerprint density at radius 1 is 1.21 bits per heavy atom. The maximum atomic E-state index is 10.8. The first-order chi connectivity index (χ1) is 13.6. The van der Waals surface area contributed by atoms with E-state index >= 15 is 0 Å². The molecule has 1 heteroatoms. The van der Waals surface area contributed by atoms with Crippen LogP contribution in [-0.4, -0.2) is 11.2 Å². The molecule has 0 heterocycles. The third-order valence-electron chi connectivity index (χ3n) is 9.44. The van der Waals surface area contributed by atoms with Gasteiger partial charge in [0.25, 0.3) is 0 Å². The number of hydrogen-bond donors (Lipinski definition) is 1. The Hall–Kier alpha value is -0.560. The lowest BCUT2D eigenvalue weighted by Gasteiger charge is -2.59. The van der Waals surface area contributed by atoms with Crippen LogP contribution in [0.4, 0.5) is 0 Å². The Balaban J connectivity index is 1.83. The van der Waals surface area contributed by atoms with Crippen LogP contribution in [-0.2, 0) is 0 Å². The summed E-state index contributed by atoms with van der Waals surface area (Å²) in [5.41, 5.74) is 2.38. The predicted octanol–water partition coefficient (Wildman–Crippen LogP) is 7.80. The number of rotatable bonds is 7. The Labute approximate surface area is 181 Å². The van der Waals surface area contributed by atoms with Crippen molar-refractivity contribution in [2.75, 3.05) is 0 Å². The first kappa shape index (κ1) is 23.1. The standard InChI is InChI=1S/C28H48O/c1-8-10-26(29)22(9-2)23-13-14-25-24(27(23,5)6)12-11-21-18-20(17-19(3)4)15-16-28(21,25)7/h9,12,19-23,25-26,29H,2,8,10-11,13-18H2,1,3-7H3/t20?,21?,22-,23?,25?,26?,28?/m1/s1. The quantitative estimate of drug-likeness (QED) is 0.432. The van der Waals surface area contributed by atoms with Crippen molar-refractivity contribution in [3.8, 4) is 0 Å².